The summed E-state index contributed by atoms with van der Waals surface area (Å²) in [5.74, 6) is -1.37. The molecule has 196 valence electrons. The van der Waals surface area contributed by atoms with Crippen molar-refractivity contribution in [1.29, 1.82) is 0 Å². The van der Waals surface area contributed by atoms with Crippen molar-refractivity contribution >= 4 is 29.1 Å². The van der Waals surface area contributed by atoms with Gasteiger partial charge in [0.2, 0.25) is 0 Å². The van der Waals surface area contributed by atoms with Crippen molar-refractivity contribution in [2.75, 3.05) is 11.5 Å². The third kappa shape index (κ3) is 5.32. The Labute approximate surface area is 222 Å². The third-order valence-electron chi connectivity index (χ3n) is 6.27. The van der Waals surface area contributed by atoms with E-state index in [1.807, 2.05) is 45.9 Å². The molecule has 0 bridgehead atoms. The number of ether oxygens (including phenoxy) is 2. The number of aliphatic hydroxyl groups excluding tert-OH is 1. The Morgan fingerprint density at radius 3 is 2.32 bits per heavy atom. The summed E-state index contributed by atoms with van der Waals surface area (Å²) in [6.07, 6.45) is 0.857. The van der Waals surface area contributed by atoms with E-state index in [1.165, 1.54) is 11.8 Å². The van der Waals surface area contributed by atoms with E-state index in [4.69, 9.17) is 9.47 Å². The molecule has 0 saturated carbocycles. The Kier molecular flexibility index (Phi) is 7.67. The molecule has 1 atom stereocenters. The van der Waals surface area contributed by atoms with E-state index in [-0.39, 0.29) is 17.1 Å². The number of amides is 1. The number of anilines is 1. The number of esters is 1. The highest BCUT2D eigenvalue weighted by molar-refractivity contribution is 6.51. The molecule has 3 aromatic carbocycles. The Morgan fingerprint density at radius 2 is 1.68 bits per heavy atom. The molecule has 1 heterocycles. The molecule has 1 amide bonds. The van der Waals surface area contributed by atoms with Crippen LogP contribution in [-0.4, -0.2) is 29.4 Å². The summed E-state index contributed by atoms with van der Waals surface area (Å²) in [6.45, 7) is 9.55. The van der Waals surface area contributed by atoms with Gasteiger partial charge in [0.15, 0.2) is 0 Å². The molecule has 1 fully saturated rings. The maximum atomic E-state index is 13.5. The molecule has 7 nitrogen and oxygen atoms in total. The highest BCUT2D eigenvalue weighted by atomic mass is 16.5. The predicted octanol–water partition coefficient (Wildman–Crippen LogP) is 5.95. The predicted molar refractivity (Wildman–Crippen MR) is 145 cm³/mol. The van der Waals surface area contributed by atoms with Crippen LogP contribution in [-0.2, 0) is 14.4 Å². The molecule has 7 heteroatoms. The highest BCUT2D eigenvalue weighted by Gasteiger charge is 2.47. The molecule has 0 aromatic heterocycles. The highest BCUT2D eigenvalue weighted by Crippen LogP contribution is 2.43. The second-order valence-corrected chi connectivity index (χ2v) is 9.51. The first-order valence-electron chi connectivity index (χ1n) is 12.5. The van der Waals surface area contributed by atoms with Gasteiger partial charge in [-0.25, -0.2) is 0 Å². The summed E-state index contributed by atoms with van der Waals surface area (Å²) in [5.41, 5.74) is 4.04. The van der Waals surface area contributed by atoms with Crippen molar-refractivity contribution in [2.24, 2.45) is 0 Å². The second kappa shape index (κ2) is 10.9. The van der Waals surface area contributed by atoms with Gasteiger partial charge in [0.05, 0.1) is 18.2 Å². The van der Waals surface area contributed by atoms with E-state index < -0.39 is 23.7 Å². The quantitative estimate of drug-likeness (QED) is 0.138. The van der Waals surface area contributed by atoms with E-state index >= 15 is 0 Å². The molecule has 3 aromatic rings. The van der Waals surface area contributed by atoms with E-state index in [0.29, 0.717) is 29.2 Å². The second-order valence-electron chi connectivity index (χ2n) is 9.51. The Bertz CT molecular complexity index is 1430. The molecule has 1 aliphatic heterocycles. The SMILES string of the molecule is CCCOc1ccc(/C(O)=C2\C(=O)C(=O)N(c3cc(C)cc(C)c3)C2c2cccc(OC(C)=O)c2)cc1C. The van der Waals surface area contributed by atoms with Gasteiger partial charge in [0.1, 0.15) is 17.3 Å². The van der Waals surface area contributed by atoms with Gasteiger partial charge < -0.3 is 14.6 Å². The Morgan fingerprint density at radius 1 is 0.974 bits per heavy atom. The van der Waals surface area contributed by atoms with E-state index in [2.05, 4.69) is 0 Å². The van der Waals surface area contributed by atoms with E-state index in [9.17, 15) is 19.5 Å². The van der Waals surface area contributed by atoms with Crippen molar-refractivity contribution in [2.45, 2.75) is 47.1 Å². The van der Waals surface area contributed by atoms with Gasteiger partial charge in [-0.2, -0.15) is 0 Å². The number of aliphatic hydroxyl groups is 1. The number of hydrogen-bond donors (Lipinski definition) is 1. The summed E-state index contributed by atoms with van der Waals surface area (Å²) in [5, 5.41) is 11.5. The lowest BCUT2D eigenvalue weighted by molar-refractivity contribution is -0.132. The lowest BCUT2D eigenvalue weighted by Crippen LogP contribution is -2.29. The fourth-order valence-corrected chi connectivity index (χ4v) is 4.74. The van der Waals surface area contributed by atoms with Gasteiger partial charge in [-0.05, 0) is 91.9 Å². The summed E-state index contributed by atoms with van der Waals surface area (Å²) in [6, 6.07) is 16.5. The maximum absolute atomic E-state index is 13.5. The molecule has 4 rings (SSSR count). The number of rotatable bonds is 7. The minimum atomic E-state index is -0.942. The first-order valence-corrected chi connectivity index (χ1v) is 12.5. The first-order chi connectivity index (χ1) is 18.1. The van der Waals surface area contributed by atoms with E-state index in [1.54, 1.807) is 42.5 Å². The van der Waals surface area contributed by atoms with Gasteiger partial charge in [-0.1, -0.05) is 25.1 Å². The Hall–Kier alpha value is -4.39. The largest absolute Gasteiger partial charge is 0.507 e. The zero-order valence-corrected chi connectivity index (χ0v) is 22.2. The third-order valence-corrected chi connectivity index (χ3v) is 6.27. The van der Waals surface area contributed by atoms with Gasteiger partial charge in [0, 0.05) is 18.2 Å². The number of benzene rings is 3. The number of ketones is 1. The average molecular weight is 514 g/mol. The van der Waals surface area contributed by atoms with Crippen LogP contribution in [0.5, 0.6) is 11.5 Å². The van der Waals surface area contributed by atoms with Crippen LogP contribution in [0.25, 0.3) is 5.76 Å². The van der Waals surface area contributed by atoms with Gasteiger partial charge in [-0.15, -0.1) is 0 Å². The number of hydrogen-bond acceptors (Lipinski definition) is 6. The average Bonchev–Trinajstić information content (AvgIpc) is 3.12. The molecule has 38 heavy (non-hydrogen) atoms. The minimum Gasteiger partial charge on any atom is -0.507 e. The number of carbonyl (C=O) groups is 3. The number of carbonyl (C=O) groups excluding carboxylic acids is 3. The fraction of sp³-hybridized carbons (Fsp3) is 0.258. The lowest BCUT2D eigenvalue weighted by atomic mass is 9.94. The van der Waals surface area contributed by atoms with Crippen molar-refractivity contribution in [1.82, 2.24) is 0 Å². The maximum Gasteiger partial charge on any atom is 0.308 e. The van der Waals surface area contributed by atoms with Crippen LogP contribution in [0.3, 0.4) is 0 Å². The summed E-state index contributed by atoms with van der Waals surface area (Å²) < 4.78 is 11.0. The van der Waals surface area contributed by atoms with Crippen LogP contribution in [0.2, 0.25) is 0 Å². The van der Waals surface area contributed by atoms with Crippen LogP contribution in [0, 0.1) is 20.8 Å². The van der Waals surface area contributed by atoms with E-state index in [0.717, 1.165) is 23.1 Å². The van der Waals surface area contributed by atoms with Crippen LogP contribution in [0.15, 0.2) is 66.2 Å². The van der Waals surface area contributed by atoms with Crippen LogP contribution >= 0.6 is 0 Å². The zero-order chi connectivity index (χ0) is 27.6. The summed E-state index contributed by atoms with van der Waals surface area (Å²) in [7, 11) is 0. The van der Waals surface area contributed by atoms with Crippen LogP contribution < -0.4 is 14.4 Å². The molecule has 1 unspecified atom stereocenters. The minimum absolute atomic E-state index is 0.0456. The molecule has 1 N–H and O–H groups in total. The molecule has 1 aliphatic rings. The van der Waals surface area contributed by atoms with Gasteiger partial charge in [0.25, 0.3) is 11.7 Å². The zero-order valence-electron chi connectivity index (χ0n) is 22.2. The topological polar surface area (TPSA) is 93.1 Å². The molecule has 0 spiro atoms. The molecular weight excluding hydrogens is 482 g/mol. The molecule has 1 saturated heterocycles. The normalized spacial score (nSPS) is 16.6. The number of aryl methyl sites for hydroxylation is 3. The van der Waals surface area contributed by atoms with Crippen molar-refractivity contribution in [3.63, 3.8) is 0 Å². The fourth-order valence-electron chi connectivity index (χ4n) is 4.74. The van der Waals surface area contributed by atoms with Crippen LogP contribution in [0.1, 0.15) is 54.1 Å². The van der Waals surface area contributed by atoms with Crippen molar-refractivity contribution in [3.05, 3.63) is 94.1 Å². The number of Topliss-reactive ketones (excluding diaryl/α,β-unsaturated/α-hetero) is 1. The summed E-state index contributed by atoms with van der Waals surface area (Å²) in [4.78, 5) is 40.0. The molecule has 0 aliphatic carbocycles. The van der Waals surface area contributed by atoms with Crippen LogP contribution in [0.4, 0.5) is 5.69 Å². The Balaban J connectivity index is 1.91. The van der Waals surface area contributed by atoms with Crippen molar-refractivity contribution in [3.8, 4) is 11.5 Å². The first kappa shape index (κ1) is 26.7. The van der Waals surface area contributed by atoms with Crippen molar-refractivity contribution < 1.29 is 29.0 Å². The monoisotopic (exact) mass is 513 g/mol. The standard InChI is InChI=1S/C31H31NO6/c1-6-12-37-26-11-10-23(16-20(26)4)29(34)27-28(22-8-7-9-25(17-22)38-21(5)33)32(31(36)30(27)35)24-14-18(2)13-19(3)15-24/h7-11,13-17,28,34H,6,12H2,1-5H3/b29-27+. The van der Waals surface area contributed by atoms with Gasteiger partial charge in [-0.3, -0.25) is 19.3 Å². The molecule has 0 radical (unpaired) electrons. The lowest BCUT2D eigenvalue weighted by Gasteiger charge is -2.26. The number of nitrogens with zero attached hydrogens (tertiary/aromatic N) is 1. The molecular formula is C31H31NO6. The summed E-state index contributed by atoms with van der Waals surface area (Å²) >= 11 is 0. The smallest absolute Gasteiger partial charge is 0.308 e. The van der Waals surface area contributed by atoms with Gasteiger partial charge >= 0.3 is 5.97 Å².